The highest BCUT2D eigenvalue weighted by atomic mass is 127. The van der Waals surface area contributed by atoms with E-state index in [1.54, 1.807) is 49.6 Å². The van der Waals surface area contributed by atoms with Gasteiger partial charge in [0.15, 0.2) is 11.5 Å². The van der Waals surface area contributed by atoms with E-state index in [1.165, 1.54) is 20.2 Å². The summed E-state index contributed by atoms with van der Waals surface area (Å²) in [5.74, 6) is -0.329. The Bertz CT molecular complexity index is 1340. The molecule has 0 aliphatic carbocycles. The van der Waals surface area contributed by atoms with Gasteiger partial charge in [-0.25, -0.2) is 5.43 Å². The molecule has 0 aromatic heterocycles. The average Bonchev–Trinajstić information content (AvgIpc) is 2.92. The molecule has 0 aliphatic heterocycles. The molecule has 10 heteroatoms. The third kappa shape index (κ3) is 7.44. The van der Waals surface area contributed by atoms with Crippen LogP contribution in [-0.4, -0.2) is 32.2 Å². The van der Waals surface area contributed by atoms with Gasteiger partial charge in [0.1, 0.15) is 18.3 Å². The van der Waals surface area contributed by atoms with Crippen LogP contribution in [0.2, 0.25) is 0 Å². The van der Waals surface area contributed by atoms with Crippen molar-refractivity contribution in [2.24, 2.45) is 11.0 Å². The Labute approximate surface area is 228 Å². The largest absolute Gasteiger partial charge is 0.497 e. The van der Waals surface area contributed by atoms with Crippen molar-refractivity contribution in [1.29, 1.82) is 5.26 Å². The summed E-state index contributed by atoms with van der Waals surface area (Å²) in [5.41, 5.74) is 4.91. The van der Waals surface area contributed by atoms with Gasteiger partial charge in [-0.2, -0.15) is 10.4 Å². The molecule has 1 unspecified atom stereocenters. The van der Waals surface area contributed by atoms with Crippen molar-refractivity contribution >= 4 is 46.3 Å². The summed E-state index contributed by atoms with van der Waals surface area (Å²) >= 11 is 2.12. The third-order valence-electron chi connectivity index (χ3n) is 5.29. The van der Waals surface area contributed by atoms with E-state index in [1.807, 2.05) is 18.2 Å². The van der Waals surface area contributed by atoms with Gasteiger partial charge < -0.3 is 19.5 Å². The Morgan fingerprint density at radius 2 is 1.81 bits per heavy atom. The molecule has 3 aromatic carbocycles. The summed E-state index contributed by atoms with van der Waals surface area (Å²) in [6.07, 6.45) is 1.45. The van der Waals surface area contributed by atoms with E-state index in [2.05, 4.69) is 44.5 Å². The summed E-state index contributed by atoms with van der Waals surface area (Å²) in [6.45, 7) is 1.70. The fraction of sp³-hybridized carbons (Fsp3) is 0.185. The first-order chi connectivity index (χ1) is 17.9. The molecule has 190 valence electrons. The number of ether oxygens (including phenoxy) is 3. The topological polar surface area (TPSA) is 122 Å². The minimum Gasteiger partial charge on any atom is -0.497 e. The third-order valence-corrected chi connectivity index (χ3v) is 6.10. The van der Waals surface area contributed by atoms with Crippen molar-refractivity contribution in [3.05, 3.63) is 80.9 Å². The molecule has 0 heterocycles. The standard InChI is InChI=1S/C27H25IN4O5/c1-17(26(33)31-21-8-10-22(35-2)11-9-21)27(34)32-30-15-18-12-23(28)25(24(13-18)36-3)37-16-20-7-5-4-6-19(20)14-29/h4-13,15,17H,16H2,1-3H3,(H,31,33)(H,32,34). The Morgan fingerprint density at radius 1 is 1.08 bits per heavy atom. The number of hydrazone groups is 1. The maximum atomic E-state index is 12.4. The van der Waals surface area contributed by atoms with Crippen molar-refractivity contribution < 1.29 is 23.8 Å². The first-order valence-electron chi connectivity index (χ1n) is 11.1. The van der Waals surface area contributed by atoms with Crippen LogP contribution in [0.1, 0.15) is 23.6 Å². The molecule has 2 amide bonds. The average molecular weight is 612 g/mol. The number of rotatable bonds is 10. The second-order valence-electron chi connectivity index (χ2n) is 7.77. The Balaban J connectivity index is 1.61. The number of nitriles is 1. The van der Waals surface area contributed by atoms with Crippen LogP contribution in [0.15, 0.2) is 65.8 Å². The number of halogens is 1. The van der Waals surface area contributed by atoms with Gasteiger partial charge in [0.05, 0.1) is 35.6 Å². The van der Waals surface area contributed by atoms with E-state index in [0.29, 0.717) is 34.1 Å². The minimum absolute atomic E-state index is 0.204. The number of carbonyl (C=O) groups excluding carboxylic acids is 2. The first-order valence-corrected chi connectivity index (χ1v) is 12.2. The van der Waals surface area contributed by atoms with E-state index in [4.69, 9.17) is 14.2 Å². The molecule has 0 fully saturated rings. The number of nitrogens with zero attached hydrogens (tertiary/aromatic N) is 2. The molecule has 9 nitrogen and oxygen atoms in total. The van der Waals surface area contributed by atoms with E-state index in [9.17, 15) is 14.9 Å². The van der Waals surface area contributed by atoms with Crippen molar-refractivity contribution in [3.63, 3.8) is 0 Å². The van der Waals surface area contributed by atoms with Gasteiger partial charge >= 0.3 is 0 Å². The number of carbonyl (C=O) groups is 2. The van der Waals surface area contributed by atoms with Crippen molar-refractivity contribution in [2.75, 3.05) is 19.5 Å². The molecule has 2 N–H and O–H groups in total. The predicted molar refractivity (Wildman–Crippen MR) is 148 cm³/mol. The molecule has 0 aliphatic rings. The molecular formula is C27H25IN4O5. The highest BCUT2D eigenvalue weighted by molar-refractivity contribution is 14.1. The lowest BCUT2D eigenvalue weighted by Crippen LogP contribution is -2.34. The lowest BCUT2D eigenvalue weighted by molar-refractivity contribution is -0.131. The van der Waals surface area contributed by atoms with Crippen LogP contribution >= 0.6 is 22.6 Å². The maximum Gasteiger partial charge on any atom is 0.252 e. The Hall–Kier alpha value is -4.11. The van der Waals surface area contributed by atoms with Gasteiger partial charge in [0, 0.05) is 11.3 Å². The summed E-state index contributed by atoms with van der Waals surface area (Å²) in [6, 6.07) is 19.7. The number of amides is 2. The SMILES string of the molecule is COc1ccc(NC(=O)C(C)C(=O)NN=Cc2cc(I)c(OCc3ccccc3C#N)c(OC)c2)cc1. The molecule has 1 atom stereocenters. The van der Waals surface area contributed by atoms with Crippen LogP contribution in [0.25, 0.3) is 0 Å². The Kier molecular flexibility index (Phi) is 9.85. The number of methoxy groups -OCH3 is 2. The second kappa shape index (κ2) is 13.3. The van der Waals surface area contributed by atoms with Crippen LogP contribution in [0.3, 0.4) is 0 Å². The van der Waals surface area contributed by atoms with E-state index >= 15 is 0 Å². The van der Waals surface area contributed by atoms with Crippen LogP contribution in [0.5, 0.6) is 17.2 Å². The first kappa shape index (κ1) is 27.5. The fourth-order valence-electron chi connectivity index (χ4n) is 3.17. The van der Waals surface area contributed by atoms with Crippen molar-refractivity contribution in [1.82, 2.24) is 5.43 Å². The zero-order valence-electron chi connectivity index (χ0n) is 20.4. The summed E-state index contributed by atoms with van der Waals surface area (Å²) in [7, 11) is 3.07. The zero-order valence-corrected chi connectivity index (χ0v) is 22.6. The van der Waals surface area contributed by atoms with Gasteiger partial charge in [-0.3, -0.25) is 9.59 Å². The van der Waals surface area contributed by atoms with Crippen LogP contribution in [-0.2, 0) is 16.2 Å². The Morgan fingerprint density at radius 3 is 2.49 bits per heavy atom. The highest BCUT2D eigenvalue weighted by Crippen LogP contribution is 2.34. The number of nitrogens with one attached hydrogen (secondary N) is 2. The van der Waals surface area contributed by atoms with Gasteiger partial charge in [-0.15, -0.1) is 0 Å². The molecule has 0 radical (unpaired) electrons. The molecule has 0 saturated carbocycles. The molecule has 0 spiro atoms. The van der Waals surface area contributed by atoms with Crippen molar-refractivity contribution in [2.45, 2.75) is 13.5 Å². The van der Waals surface area contributed by atoms with Crippen LogP contribution in [0.4, 0.5) is 5.69 Å². The predicted octanol–water partition coefficient (Wildman–Crippen LogP) is 4.48. The van der Waals surface area contributed by atoms with Gasteiger partial charge in [-0.1, -0.05) is 18.2 Å². The molecule has 3 aromatic rings. The normalized spacial score (nSPS) is 11.3. The molecule has 3 rings (SSSR count). The second-order valence-corrected chi connectivity index (χ2v) is 8.93. The monoisotopic (exact) mass is 612 g/mol. The minimum atomic E-state index is -0.971. The smallest absolute Gasteiger partial charge is 0.252 e. The molecule has 0 bridgehead atoms. The number of anilines is 1. The molecular weight excluding hydrogens is 587 g/mol. The maximum absolute atomic E-state index is 12.4. The summed E-state index contributed by atoms with van der Waals surface area (Å²) < 4.78 is 17.3. The molecule has 37 heavy (non-hydrogen) atoms. The van der Waals surface area contributed by atoms with Crippen molar-refractivity contribution in [3.8, 4) is 23.3 Å². The summed E-state index contributed by atoms with van der Waals surface area (Å²) in [4.78, 5) is 24.8. The van der Waals surface area contributed by atoms with E-state index < -0.39 is 17.7 Å². The van der Waals surface area contributed by atoms with E-state index in [-0.39, 0.29) is 6.61 Å². The molecule has 0 saturated heterocycles. The number of benzene rings is 3. The fourth-order valence-corrected chi connectivity index (χ4v) is 3.95. The zero-order chi connectivity index (χ0) is 26.8. The quantitative estimate of drug-likeness (QED) is 0.151. The lowest BCUT2D eigenvalue weighted by atomic mass is 10.1. The summed E-state index contributed by atoms with van der Waals surface area (Å²) in [5, 5.41) is 15.9. The van der Waals surface area contributed by atoms with Crippen LogP contribution < -0.4 is 25.0 Å². The van der Waals surface area contributed by atoms with Crippen LogP contribution in [0, 0.1) is 20.8 Å². The number of hydrogen-bond acceptors (Lipinski definition) is 7. The number of hydrogen-bond donors (Lipinski definition) is 2. The van der Waals surface area contributed by atoms with Gasteiger partial charge in [0.2, 0.25) is 5.91 Å². The highest BCUT2D eigenvalue weighted by Gasteiger charge is 2.21. The van der Waals surface area contributed by atoms with E-state index in [0.717, 1.165) is 9.13 Å². The lowest BCUT2D eigenvalue weighted by Gasteiger charge is -2.14. The van der Waals surface area contributed by atoms with Gasteiger partial charge in [-0.05, 0) is 77.5 Å². The van der Waals surface area contributed by atoms with Gasteiger partial charge in [0.25, 0.3) is 5.91 Å².